The van der Waals surface area contributed by atoms with Crippen LogP contribution >= 0.6 is 0 Å². The largest absolute Gasteiger partial charge is 0.458 e. The second-order valence-corrected chi connectivity index (χ2v) is 11.5. The Bertz CT molecular complexity index is 2150. The molecular weight excluding hydrogens is 549 g/mol. The van der Waals surface area contributed by atoms with E-state index in [9.17, 15) is 0 Å². The molecule has 0 amide bonds. The molecule has 2 aliphatic rings. The van der Waals surface area contributed by atoms with Gasteiger partial charge in [0.05, 0.1) is 0 Å². The predicted octanol–water partition coefficient (Wildman–Crippen LogP) is 8.48. The molecule has 210 valence electrons. The minimum absolute atomic E-state index is 0.0501. The van der Waals surface area contributed by atoms with Crippen molar-refractivity contribution in [2.24, 2.45) is 0 Å². The summed E-state index contributed by atoms with van der Waals surface area (Å²) in [6.07, 6.45) is 3.65. The number of ether oxygens (including phenoxy) is 2. The Morgan fingerprint density at radius 1 is 0.400 bits per heavy atom. The summed E-state index contributed by atoms with van der Waals surface area (Å²) in [6.45, 7) is -0.0501. The quantitative estimate of drug-likeness (QED) is 0.197. The lowest BCUT2D eigenvalue weighted by Crippen LogP contribution is -2.57. The zero-order valence-corrected chi connectivity index (χ0v) is 24.4. The van der Waals surface area contributed by atoms with Gasteiger partial charge in [-0.15, -0.1) is 0 Å². The molecular formula is C41H26BNO2. The molecule has 0 fully saturated rings. The van der Waals surface area contributed by atoms with Crippen LogP contribution in [0, 0.1) is 0 Å². The Morgan fingerprint density at radius 3 is 1.51 bits per heavy atom. The second-order valence-electron chi connectivity index (χ2n) is 11.5. The summed E-state index contributed by atoms with van der Waals surface area (Å²) in [6, 6.07) is 51.2. The van der Waals surface area contributed by atoms with E-state index in [1.807, 2.05) is 24.5 Å². The SMILES string of the molecule is c1ccc(-c2ccc3c(c2)B2c4cc(-c5ccccc5)ccc4Oc4c(-c5ccc(-c6ccncc6)cc5)ccc(c42)O3)cc1. The average molecular weight is 575 g/mol. The highest BCUT2D eigenvalue weighted by molar-refractivity contribution is 6.98. The number of pyridine rings is 1. The Labute approximate surface area is 262 Å². The van der Waals surface area contributed by atoms with Crippen LogP contribution in [0.2, 0.25) is 0 Å². The lowest BCUT2D eigenvalue weighted by atomic mass is 9.34. The zero-order chi connectivity index (χ0) is 29.7. The van der Waals surface area contributed by atoms with Gasteiger partial charge in [0.15, 0.2) is 0 Å². The van der Waals surface area contributed by atoms with Crippen LogP contribution in [0.15, 0.2) is 158 Å². The van der Waals surface area contributed by atoms with Crippen LogP contribution in [0.3, 0.4) is 0 Å². The van der Waals surface area contributed by atoms with Crippen molar-refractivity contribution in [2.45, 2.75) is 0 Å². The Morgan fingerprint density at radius 2 is 0.889 bits per heavy atom. The number of benzene rings is 6. The van der Waals surface area contributed by atoms with Crippen LogP contribution in [0.4, 0.5) is 0 Å². The van der Waals surface area contributed by atoms with E-state index < -0.39 is 0 Å². The van der Waals surface area contributed by atoms with Crippen molar-refractivity contribution in [2.75, 3.05) is 0 Å². The van der Waals surface area contributed by atoms with Crippen molar-refractivity contribution in [3.8, 4) is 67.5 Å². The molecule has 0 atom stereocenters. The third kappa shape index (κ3) is 4.34. The second kappa shape index (κ2) is 10.4. The van der Waals surface area contributed by atoms with Gasteiger partial charge in [-0.25, -0.2) is 0 Å². The maximum atomic E-state index is 6.86. The molecule has 4 heteroatoms. The van der Waals surface area contributed by atoms with E-state index in [1.165, 1.54) is 11.1 Å². The fourth-order valence-corrected chi connectivity index (χ4v) is 6.73. The standard InChI is InChI=1S/C41H26BNO2/c1-3-7-27(8-4-1)32-15-18-37-35(25-32)42-36-26-33(28-9-5-2-6-10-28)16-19-38(36)45-41-34(17-20-39(44-37)40(41)42)31-13-11-29(12-14-31)30-21-23-43-24-22-30/h1-26H. The van der Waals surface area contributed by atoms with E-state index in [0.717, 1.165) is 72.8 Å². The Balaban J connectivity index is 1.23. The van der Waals surface area contributed by atoms with Crippen LogP contribution in [0.1, 0.15) is 0 Å². The molecule has 0 bridgehead atoms. The molecule has 2 aliphatic heterocycles. The number of nitrogens with zero attached hydrogens (tertiary/aromatic N) is 1. The van der Waals surface area contributed by atoms with Crippen molar-refractivity contribution in [3.63, 3.8) is 0 Å². The summed E-state index contributed by atoms with van der Waals surface area (Å²) in [4.78, 5) is 4.16. The highest BCUT2D eigenvalue weighted by atomic mass is 16.5. The fraction of sp³-hybridized carbons (Fsp3) is 0. The van der Waals surface area contributed by atoms with E-state index in [1.54, 1.807) is 0 Å². The highest BCUT2D eigenvalue weighted by Crippen LogP contribution is 2.42. The highest BCUT2D eigenvalue weighted by Gasteiger charge is 2.41. The average Bonchev–Trinajstić information content (AvgIpc) is 3.12. The lowest BCUT2D eigenvalue weighted by Gasteiger charge is -2.34. The summed E-state index contributed by atoms with van der Waals surface area (Å²) >= 11 is 0. The molecule has 45 heavy (non-hydrogen) atoms. The molecule has 0 unspecified atom stereocenters. The lowest BCUT2D eigenvalue weighted by molar-refractivity contribution is 0.465. The number of hydrogen-bond acceptors (Lipinski definition) is 3. The van der Waals surface area contributed by atoms with Crippen LogP contribution in [0.5, 0.6) is 23.0 Å². The minimum Gasteiger partial charge on any atom is -0.458 e. The van der Waals surface area contributed by atoms with Gasteiger partial charge in [0, 0.05) is 23.4 Å². The van der Waals surface area contributed by atoms with Crippen molar-refractivity contribution in [1.82, 2.24) is 4.98 Å². The van der Waals surface area contributed by atoms with Crippen LogP contribution in [-0.4, -0.2) is 11.7 Å². The first-order valence-electron chi connectivity index (χ1n) is 15.2. The van der Waals surface area contributed by atoms with Gasteiger partial charge in [-0.05, 0) is 86.3 Å². The van der Waals surface area contributed by atoms with Crippen molar-refractivity contribution >= 4 is 23.1 Å². The van der Waals surface area contributed by atoms with Gasteiger partial charge in [-0.2, -0.15) is 0 Å². The van der Waals surface area contributed by atoms with E-state index in [2.05, 4.69) is 138 Å². The van der Waals surface area contributed by atoms with Gasteiger partial charge in [0.1, 0.15) is 23.0 Å². The number of aromatic nitrogens is 1. The summed E-state index contributed by atoms with van der Waals surface area (Å²) in [7, 11) is 0. The molecule has 0 spiro atoms. The number of rotatable bonds is 4. The third-order valence-corrected chi connectivity index (χ3v) is 8.94. The molecule has 0 saturated carbocycles. The molecule has 0 saturated heterocycles. The molecule has 0 N–H and O–H groups in total. The summed E-state index contributed by atoms with van der Waals surface area (Å²) < 4.78 is 13.5. The number of fused-ring (bicyclic) bond motifs is 4. The molecule has 9 rings (SSSR count). The minimum atomic E-state index is -0.0501. The fourth-order valence-electron chi connectivity index (χ4n) is 6.73. The van der Waals surface area contributed by atoms with Crippen molar-refractivity contribution < 1.29 is 9.47 Å². The van der Waals surface area contributed by atoms with Crippen molar-refractivity contribution in [1.29, 1.82) is 0 Å². The van der Waals surface area contributed by atoms with Crippen LogP contribution in [-0.2, 0) is 0 Å². The molecule has 3 nitrogen and oxygen atoms in total. The Hall–Kier alpha value is -5.87. The van der Waals surface area contributed by atoms with Crippen LogP contribution in [0.25, 0.3) is 44.5 Å². The monoisotopic (exact) mass is 575 g/mol. The van der Waals surface area contributed by atoms with Gasteiger partial charge >= 0.3 is 0 Å². The maximum absolute atomic E-state index is 6.86. The summed E-state index contributed by atoms with van der Waals surface area (Å²) in [5.41, 5.74) is 12.5. The normalized spacial score (nSPS) is 12.3. The first-order valence-corrected chi connectivity index (χ1v) is 15.2. The van der Waals surface area contributed by atoms with E-state index in [-0.39, 0.29) is 6.71 Å². The number of hydrogen-bond donors (Lipinski definition) is 0. The molecule has 0 aliphatic carbocycles. The molecule has 1 aromatic heterocycles. The molecule has 3 heterocycles. The topological polar surface area (TPSA) is 31.4 Å². The third-order valence-electron chi connectivity index (χ3n) is 8.94. The first kappa shape index (κ1) is 25.6. The zero-order valence-electron chi connectivity index (χ0n) is 24.4. The van der Waals surface area contributed by atoms with E-state index in [4.69, 9.17) is 9.47 Å². The van der Waals surface area contributed by atoms with E-state index >= 15 is 0 Å². The van der Waals surface area contributed by atoms with Gasteiger partial charge < -0.3 is 9.47 Å². The summed E-state index contributed by atoms with van der Waals surface area (Å²) in [5.74, 6) is 3.44. The predicted molar refractivity (Wildman–Crippen MR) is 184 cm³/mol. The maximum Gasteiger partial charge on any atom is 0.260 e. The molecule has 6 aromatic carbocycles. The van der Waals surface area contributed by atoms with Gasteiger partial charge in [0.25, 0.3) is 6.71 Å². The summed E-state index contributed by atoms with van der Waals surface area (Å²) in [5, 5.41) is 0. The molecule has 7 aromatic rings. The molecule has 0 radical (unpaired) electrons. The van der Waals surface area contributed by atoms with Crippen LogP contribution < -0.4 is 25.9 Å². The van der Waals surface area contributed by atoms with Gasteiger partial charge in [-0.3, -0.25) is 4.98 Å². The van der Waals surface area contributed by atoms with E-state index in [0.29, 0.717) is 0 Å². The Kier molecular flexibility index (Phi) is 5.92. The first-order chi connectivity index (χ1) is 22.3. The smallest absolute Gasteiger partial charge is 0.260 e. The van der Waals surface area contributed by atoms with Gasteiger partial charge in [0.2, 0.25) is 0 Å². The van der Waals surface area contributed by atoms with Gasteiger partial charge in [-0.1, -0.05) is 109 Å². The van der Waals surface area contributed by atoms with Crippen molar-refractivity contribution in [3.05, 3.63) is 158 Å².